The number of urea groups is 1. The lowest BCUT2D eigenvalue weighted by Crippen LogP contribution is -2.44. The van der Waals surface area contributed by atoms with Gasteiger partial charge in [0.15, 0.2) is 0 Å². The summed E-state index contributed by atoms with van der Waals surface area (Å²) in [6.07, 6.45) is 3.85. The van der Waals surface area contributed by atoms with Gasteiger partial charge in [0.05, 0.1) is 6.54 Å². The summed E-state index contributed by atoms with van der Waals surface area (Å²) in [5.41, 5.74) is 0.773. The number of hydrogen-bond donors (Lipinski definition) is 1. The minimum Gasteiger partial charge on any atom is -0.361 e. The Bertz CT molecular complexity index is 460. The number of hydrogen-bond acceptors (Lipinski definition) is 4. The molecule has 2 rings (SSSR count). The van der Waals surface area contributed by atoms with Crippen LogP contribution in [0.4, 0.5) is 4.79 Å². The van der Waals surface area contributed by atoms with Gasteiger partial charge in [-0.1, -0.05) is 11.6 Å². The van der Waals surface area contributed by atoms with Gasteiger partial charge in [-0.3, -0.25) is 4.90 Å². The van der Waals surface area contributed by atoms with Crippen LogP contribution < -0.4 is 5.32 Å². The van der Waals surface area contributed by atoms with Crippen LogP contribution >= 0.6 is 0 Å². The molecule has 1 aliphatic rings. The molecule has 2 amide bonds. The van der Waals surface area contributed by atoms with Crippen LogP contribution in [0.25, 0.3) is 0 Å². The summed E-state index contributed by atoms with van der Waals surface area (Å²) < 4.78 is 5.00. The van der Waals surface area contributed by atoms with Crippen LogP contribution in [0, 0.1) is 6.92 Å². The van der Waals surface area contributed by atoms with Crippen molar-refractivity contribution in [2.45, 2.75) is 45.7 Å². The Hall–Kier alpha value is -1.56. The molecule has 0 saturated carbocycles. The molecule has 1 aliphatic heterocycles. The van der Waals surface area contributed by atoms with Gasteiger partial charge >= 0.3 is 6.03 Å². The number of rotatable bonds is 5. The summed E-state index contributed by atoms with van der Waals surface area (Å²) in [6.45, 7) is 7.32. The molecule has 0 unspecified atom stereocenters. The van der Waals surface area contributed by atoms with Gasteiger partial charge in [0.2, 0.25) is 0 Å². The first-order chi connectivity index (χ1) is 10.1. The molecule has 1 N–H and O–H groups in total. The van der Waals surface area contributed by atoms with E-state index in [9.17, 15) is 4.79 Å². The van der Waals surface area contributed by atoms with E-state index in [1.165, 1.54) is 19.3 Å². The first-order valence-corrected chi connectivity index (χ1v) is 7.71. The van der Waals surface area contributed by atoms with Crippen molar-refractivity contribution in [3.05, 3.63) is 17.5 Å². The summed E-state index contributed by atoms with van der Waals surface area (Å²) in [5, 5.41) is 6.86. The van der Waals surface area contributed by atoms with Gasteiger partial charge in [0, 0.05) is 32.2 Å². The van der Waals surface area contributed by atoms with E-state index in [0.29, 0.717) is 19.1 Å². The fourth-order valence-corrected chi connectivity index (χ4v) is 2.74. The maximum absolute atomic E-state index is 12.0. The van der Waals surface area contributed by atoms with Gasteiger partial charge in [0.25, 0.3) is 0 Å². The Kier molecular flexibility index (Phi) is 5.61. The predicted molar refractivity (Wildman–Crippen MR) is 81.0 cm³/mol. The lowest BCUT2D eigenvalue weighted by Gasteiger charge is -2.33. The summed E-state index contributed by atoms with van der Waals surface area (Å²) >= 11 is 0. The molecule has 0 aliphatic carbocycles. The molecule has 2 heterocycles. The SMILES string of the molecule is Cc1cc(CN(C)C(=O)NCCN2CCCC[C@H]2C)no1. The van der Waals surface area contributed by atoms with E-state index in [2.05, 4.69) is 22.3 Å². The van der Waals surface area contributed by atoms with E-state index in [1.54, 1.807) is 11.9 Å². The minimum absolute atomic E-state index is 0.0692. The molecule has 0 spiro atoms. The summed E-state index contributed by atoms with van der Waals surface area (Å²) in [7, 11) is 1.77. The molecule has 1 saturated heterocycles. The quantitative estimate of drug-likeness (QED) is 0.902. The Balaban J connectivity index is 1.68. The molecule has 1 fully saturated rings. The standard InChI is InChI=1S/C15H26N4O2/c1-12-6-4-5-8-19(12)9-7-16-15(20)18(3)11-14-10-13(2)21-17-14/h10,12H,4-9,11H2,1-3H3,(H,16,20)/t12-/m1/s1. The Morgan fingerprint density at radius 3 is 3.05 bits per heavy atom. The number of likely N-dealkylation sites (tertiary alicyclic amines) is 1. The number of piperidine rings is 1. The number of carbonyl (C=O) groups is 1. The number of aryl methyl sites for hydroxylation is 1. The second-order valence-electron chi connectivity index (χ2n) is 5.90. The molecule has 1 aromatic heterocycles. The summed E-state index contributed by atoms with van der Waals surface area (Å²) in [5.74, 6) is 0.762. The second kappa shape index (κ2) is 7.45. The van der Waals surface area contributed by atoms with Gasteiger partial charge in [-0.15, -0.1) is 0 Å². The summed E-state index contributed by atoms with van der Waals surface area (Å²) in [4.78, 5) is 16.1. The van der Waals surface area contributed by atoms with Gasteiger partial charge in [0.1, 0.15) is 11.5 Å². The fraction of sp³-hybridized carbons (Fsp3) is 0.733. The first-order valence-electron chi connectivity index (χ1n) is 7.71. The molecule has 6 nitrogen and oxygen atoms in total. The first kappa shape index (κ1) is 15.8. The van der Waals surface area contributed by atoms with Gasteiger partial charge in [-0.05, 0) is 33.2 Å². The third-order valence-corrected chi connectivity index (χ3v) is 4.04. The Morgan fingerprint density at radius 2 is 2.38 bits per heavy atom. The zero-order chi connectivity index (χ0) is 15.2. The number of nitrogens with one attached hydrogen (secondary N) is 1. The topological polar surface area (TPSA) is 61.6 Å². The number of nitrogens with zero attached hydrogens (tertiary/aromatic N) is 3. The number of amides is 2. The van der Waals surface area contributed by atoms with Crippen molar-refractivity contribution in [1.29, 1.82) is 0 Å². The zero-order valence-corrected chi connectivity index (χ0v) is 13.3. The highest BCUT2D eigenvalue weighted by atomic mass is 16.5. The van der Waals surface area contributed by atoms with Crippen LogP contribution in [0.1, 0.15) is 37.6 Å². The maximum atomic E-state index is 12.0. The predicted octanol–water partition coefficient (Wildman–Crippen LogP) is 2.00. The normalized spacial score (nSPS) is 19.5. The summed E-state index contributed by atoms with van der Waals surface area (Å²) in [6, 6.07) is 2.41. The number of carbonyl (C=O) groups excluding carboxylic acids is 1. The highest BCUT2D eigenvalue weighted by Crippen LogP contribution is 2.15. The molecule has 0 aromatic carbocycles. The van der Waals surface area contributed by atoms with E-state index in [-0.39, 0.29) is 6.03 Å². The Morgan fingerprint density at radius 1 is 1.57 bits per heavy atom. The van der Waals surface area contributed by atoms with E-state index in [1.807, 2.05) is 13.0 Å². The third kappa shape index (κ3) is 4.74. The highest BCUT2D eigenvalue weighted by Gasteiger charge is 2.18. The van der Waals surface area contributed by atoms with E-state index in [0.717, 1.165) is 24.5 Å². The van der Waals surface area contributed by atoms with E-state index in [4.69, 9.17) is 4.52 Å². The van der Waals surface area contributed by atoms with E-state index < -0.39 is 0 Å². The van der Waals surface area contributed by atoms with Crippen LogP contribution in [-0.4, -0.2) is 53.7 Å². The zero-order valence-electron chi connectivity index (χ0n) is 13.3. The van der Waals surface area contributed by atoms with Crippen molar-refractivity contribution in [3.63, 3.8) is 0 Å². The molecular weight excluding hydrogens is 268 g/mol. The molecular formula is C15H26N4O2. The Labute approximate surface area is 126 Å². The number of aromatic nitrogens is 1. The van der Waals surface area contributed by atoms with Gasteiger partial charge in [-0.25, -0.2) is 4.79 Å². The smallest absolute Gasteiger partial charge is 0.317 e. The van der Waals surface area contributed by atoms with E-state index >= 15 is 0 Å². The molecule has 0 radical (unpaired) electrons. The molecule has 0 bridgehead atoms. The molecule has 1 aromatic rings. The van der Waals surface area contributed by atoms with Crippen molar-refractivity contribution in [1.82, 2.24) is 20.3 Å². The average molecular weight is 294 g/mol. The highest BCUT2D eigenvalue weighted by molar-refractivity contribution is 5.73. The van der Waals surface area contributed by atoms with Crippen molar-refractivity contribution >= 4 is 6.03 Å². The molecule has 118 valence electrons. The third-order valence-electron chi connectivity index (χ3n) is 4.04. The van der Waals surface area contributed by atoms with Crippen LogP contribution in [0.5, 0.6) is 0 Å². The van der Waals surface area contributed by atoms with Gasteiger partial charge < -0.3 is 14.7 Å². The largest absolute Gasteiger partial charge is 0.361 e. The van der Waals surface area contributed by atoms with Crippen LogP contribution in [-0.2, 0) is 6.54 Å². The van der Waals surface area contributed by atoms with Crippen LogP contribution in [0.2, 0.25) is 0 Å². The fourth-order valence-electron chi connectivity index (χ4n) is 2.74. The minimum atomic E-state index is -0.0692. The van der Waals surface area contributed by atoms with Crippen LogP contribution in [0.3, 0.4) is 0 Å². The van der Waals surface area contributed by atoms with Gasteiger partial charge in [-0.2, -0.15) is 0 Å². The molecule has 6 heteroatoms. The van der Waals surface area contributed by atoms with Crippen molar-refractivity contribution in [2.75, 3.05) is 26.7 Å². The van der Waals surface area contributed by atoms with Crippen molar-refractivity contribution < 1.29 is 9.32 Å². The second-order valence-corrected chi connectivity index (χ2v) is 5.90. The average Bonchev–Trinajstić information content (AvgIpc) is 2.86. The van der Waals surface area contributed by atoms with Crippen molar-refractivity contribution in [2.24, 2.45) is 0 Å². The monoisotopic (exact) mass is 294 g/mol. The lowest BCUT2D eigenvalue weighted by atomic mass is 10.0. The van der Waals surface area contributed by atoms with Crippen LogP contribution in [0.15, 0.2) is 10.6 Å². The van der Waals surface area contributed by atoms with Crippen molar-refractivity contribution in [3.8, 4) is 0 Å². The maximum Gasteiger partial charge on any atom is 0.317 e. The molecule has 21 heavy (non-hydrogen) atoms. The lowest BCUT2D eigenvalue weighted by molar-refractivity contribution is 0.159. The molecule has 1 atom stereocenters.